The molecule has 110 valence electrons. The van der Waals surface area contributed by atoms with Crippen molar-refractivity contribution in [1.82, 2.24) is 9.78 Å². The Bertz CT molecular complexity index is 810. The molecule has 0 saturated carbocycles. The summed E-state index contributed by atoms with van der Waals surface area (Å²) in [7, 11) is 0. The van der Waals surface area contributed by atoms with Crippen molar-refractivity contribution in [2.75, 3.05) is 0 Å². The number of carbonyl (C=O) groups is 1. The second-order valence-electron chi connectivity index (χ2n) is 4.88. The van der Waals surface area contributed by atoms with Gasteiger partial charge in [-0.25, -0.2) is 4.79 Å². The molecule has 0 spiro atoms. The van der Waals surface area contributed by atoms with Gasteiger partial charge >= 0.3 is 6.03 Å². The van der Waals surface area contributed by atoms with Crippen LogP contribution in [0.4, 0.5) is 4.79 Å². The molecule has 0 radical (unpaired) electrons. The van der Waals surface area contributed by atoms with E-state index in [2.05, 4.69) is 5.10 Å². The number of hydrogen-bond donors (Lipinski definition) is 1. The number of para-hydroxylation sites is 1. The van der Waals surface area contributed by atoms with Gasteiger partial charge < -0.3 is 10.5 Å². The Morgan fingerprint density at radius 1 is 1.14 bits per heavy atom. The first-order valence-electron chi connectivity index (χ1n) is 6.83. The second kappa shape index (κ2) is 5.73. The third-order valence-electron chi connectivity index (χ3n) is 3.26. The number of carbonyl (C=O) groups excluding carboxylic acids is 1. The van der Waals surface area contributed by atoms with Gasteiger partial charge in [-0.15, -0.1) is 0 Å². The molecule has 5 heteroatoms. The molecule has 22 heavy (non-hydrogen) atoms. The smallest absolute Gasteiger partial charge is 0.339 e. The van der Waals surface area contributed by atoms with Crippen LogP contribution in [-0.2, 0) is 0 Å². The molecule has 1 heterocycles. The first kappa shape index (κ1) is 13.9. The van der Waals surface area contributed by atoms with Gasteiger partial charge in [-0.1, -0.05) is 18.2 Å². The summed E-state index contributed by atoms with van der Waals surface area (Å²) in [6, 6.07) is 16.5. The van der Waals surface area contributed by atoms with Crippen LogP contribution >= 0.6 is 0 Å². The fourth-order valence-corrected chi connectivity index (χ4v) is 2.14. The zero-order valence-electron chi connectivity index (χ0n) is 12.1. The Hall–Kier alpha value is -3.08. The lowest BCUT2D eigenvalue weighted by Crippen LogP contribution is -2.19. The molecule has 0 fully saturated rings. The highest BCUT2D eigenvalue weighted by Gasteiger charge is 2.08. The zero-order chi connectivity index (χ0) is 15.5. The minimum Gasteiger partial charge on any atom is -0.457 e. The van der Waals surface area contributed by atoms with Gasteiger partial charge in [0.05, 0.1) is 5.69 Å². The zero-order valence-corrected chi connectivity index (χ0v) is 12.1. The number of rotatable bonds is 3. The van der Waals surface area contributed by atoms with Crippen molar-refractivity contribution in [3.8, 4) is 22.8 Å². The largest absolute Gasteiger partial charge is 0.457 e. The molecule has 3 aromatic rings. The number of hydrogen-bond acceptors (Lipinski definition) is 3. The van der Waals surface area contributed by atoms with E-state index in [0.717, 1.165) is 27.3 Å². The minimum absolute atomic E-state index is 0.605. The summed E-state index contributed by atoms with van der Waals surface area (Å²) in [5, 5.41) is 4.14. The van der Waals surface area contributed by atoms with E-state index < -0.39 is 6.03 Å². The number of ether oxygens (including phenoxy) is 1. The Kier molecular flexibility index (Phi) is 3.62. The molecule has 2 N–H and O–H groups in total. The molecule has 0 aliphatic rings. The Morgan fingerprint density at radius 3 is 2.55 bits per heavy atom. The van der Waals surface area contributed by atoms with Crippen LogP contribution in [0, 0.1) is 6.92 Å². The number of aryl methyl sites for hydroxylation is 1. The fraction of sp³-hybridized carbons (Fsp3) is 0.0588. The van der Waals surface area contributed by atoms with Crippen LogP contribution in [0.25, 0.3) is 11.3 Å². The summed E-state index contributed by atoms with van der Waals surface area (Å²) in [6.07, 6.45) is 1.54. The predicted octanol–water partition coefficient (Wildman–Crippen LogP) is 3.58. The van der Waals surface area contributed by atoms with Crippen LogP contribution in [0.1, 0.15) is 5.56 Å². The quantitative estimate of drug-likeness (QED) is 0.802. The first-order chi connectivity index (χ1) is 10.6. The lowest BCUT2D eigenvalue weighted by atomic mass is 10.1. The molecule has 2 aromatic carbocycles. The Morgan fingerprint density at radius 2 is 1.91 bits per heavy atom. The van der Waals surface area contributed by atoms with E-state index in [0.29, 0.717) is 5.69 Å². The Balaban J connectivity index is 1.87. The van der Waals surface area contributed by atoms with E-state index in [4.69, 9.17) is 10.5 Å². The van der Waals surface area contributed by atoms with E-state index in [-0.39, 0.29) is 0 Å². The first-order valence-corrected chi connectivity index (χ1v) is 6.83. The molecule has 0 atom stereocenters. The molecule has 0 aliphatic heterocycles. The van der Waals surface area contributed by atoms with Crippen LogP contribution in [0.5, 0.6) is 11.5 Å². The van der Waals surface area contributed by atoms with Crippen molar-refractivity contribution in [2.24, 2.45) is 5.73 Å². The molecule has 5 nitrogen and oxygen atoms in total. The summed E-state index contributed by atoms with van der Waals surface area (Å²) >= 11 is 0. The number of primary amides is 1. The molecule has 1 aromatic heterocycles. The van der Waals surface area contributed by atoms with Crippen LogP contribution in [0.3, 0.4) is 0 Å². The van der Waals surface area contributed by atoms with Crippen molar-refractivity contribution in [2.45, 2.75) is 6.92 Å². The number of aromatic nitrogens is 2. The molecule has 3 rings (SSSR count). The van der Waals surface area contributed by atoms with E-state index >= 15 is 0 Å². The van der Waals surface area contributed by atoms with E-state index in [9.17, 15) is 4.79 Å². The van der Waals surface area contributed by atoms with Crippen LogP contribution in [0.2, 0.25) is 0 Å². The van der Waals surface area contributed by atoms with Crippen molar-refractivity contribution in [3.05, 3.63) is 66.4 Å². The van der Waals surface area contributed by atoms with Gasteiger partial charge in [0.1, 0.15) is 11.5 Å². The van der Waals surface area contributed by atoms with Gasteiger partial charge in [0.2, 0.25) is 0 Å². The third-order valence-corrected chi connectivity index (χ3v) is 3.26. The van der Waals surface area contributed by atoms with Crippen LogP contribution < -0.4 is 10.5 Å². The highest BCUT2D eigenvalue weighted by molar-refractivity contribution is 5.74. The predicted molar refractivity (Wildman–Crippen MR) is 83.9 cm³/mol. The standard InChI is InChI=1S/C17H15N3O2/c1-12-11-13(15-9-10-20(19-15)17(18)21)7-8-16(12)22-14-5-3-2-4-6-14/h2-11H,1H3,(H2,18,21). The molecule has 0 unspecified atom stereocenters. The summed E-state index contributed by atoms with van der Waals surface area (Å²) in [5.41, 5.74) is 7.76. The number of amides is 1. The summed E-state index contributed by atoms with van der Waals surface area (Å²) in [5.74, 6) is 1.57. The average Bonchev–Trinajstić information content (AvgIpc) is 3.00. The van der Waals surface area contributed by atoms with E-state index in [1.807, 2.05) is 55.5 Å². The molecular weight excluding hydrogens is 278 g/mol. The lowest BCUT2D eigenvalue weighted by Gasteiger charge is -2.09. The van der Waals surface area contributed by atoms with Crippen molar-refractivity contribution < 1.29 is 9.53 Å². The fourth-order valence-electron chi connectivity index (χ4n) is 2.14. The number of benzene rings is 2. The van der Waals surface area contributed by atoms with E-state index in [1.54, 1.807) is 12.3 Å². The number of nitrogens with zero attached hydrogens (tertiary/aromatic N) is 2. The normalized spacial score (nSPS) is 10.4. The van der Waals surface area contributed by atoms with Crippen LogP contribution in [-0.4, -0.2) is 15.8 Å². The maximum Gasteiger partial charge on any atom is 0.339 e. The maximum absolute atomic E-state index is 11.1. The Labute approximate surface area is 127 Å². The van der Waals surface area contributed by atoms with E-state index in [1.165, 1.54) is 0 Å². The molecule has 0 saturated heterocycles. The highest BCUT2D eigenvalue weighted by atomic mass is 16.5. The van der Waals surface area contributed by atoms with Crippen molar-refractivity contribution in [3.63, 3.8) is 0 Å². The summed E-state index contributed by atoms with van der Waals surface area (Å²) in [6.45, 7) is 1.97. The van der Waals surface area contributed by atoms with Gasteiger partial charge in [0, 0.05) is 11.8 Å². The average molecular weight is 293 g/mol. The minimum atomic E-state index is -0.605. The third kappa shape index (κ3) is 2.83. The molecule has 1 amide bonds. The van der Waals surface area contributed by atoms with Crippen molar-refractivity contribution >= 4 is 6.03 Å². The topological polar surface area (TPSA) is 70.1 Å². The molecule has 0 bridgehead atoms. The monoisotopic (exact) mass is 293 g/mol. The molecule has 0 aliphatic carbocycles. The lowest BCUT2D eigenvalue weighted by molar-refractivity contribution is 0.248. The summed E-state index contributed by atoms with van der Waals surface area (Å²) < 4.78 is 6.95. The van der Waals surface area contributed by atoms with Crippen molar-refractivity contribution in [1.29, 1.82) is 0 Å². The number of nitrogens with two attached hydrogens (primary N) is 1. The van der Waals surface area contributed by atoms with Gasteiger partial charge in [-0.3, -0.25) is 0 Å². The summed E-state index contributed by atoms with van der Waals surface area (Å²) in [4.78, 5) is 11.1. The van der Waals surface area contributed by atoms with Gasteiger partial charge in [0.15, 0.2) is 0 Å². The SMILES string of the molecule is Cc1cc(-c2ccn(C(N)=O)n2)ccc1Oc1ccccc1. The second-order valence-corrected chi connectivity index (χ2v) is 4.88. The van der Waals surface area contributed by atoms with Gasteiger partial charge in [0.25, 0.3) is 0 Å². The van der Waals surface area contributed by atoms with Gasteiger partial charge in [-0.05, 0) is 48.9 Å². The van der Waals surface area contributed by atoms with Crippen LogP contribution in [0.15, 0.2) is 60.8 Å². The molecular formula is C17H15N3O2. The highest BCUT2D eigenvalue weighted by Crippen LogP contribution is 2.28. The van der Waals surface area contributed by atoms with Gasteiger partial charge in [-0.2, -0.15) is 9.78 Å². The maximum atomic E-state index is 11.1.